The number of benzene rings is 1. The first-order valence-corrected chi connectivity index (χ1v) is 8.23. The highest BCUT2D eigenvalue weighted by Gasteiger charge is 2.05. The first-order valence-electron chi connectivity index (χ1n) is 7.08. The normalized spacial score (nSPS) is 10.6. The predicted octanol–water partition coefficient (Wildman–Crippen LogP) is 3.49. The van der Waals surface area contributed by atoms with E-state index in [9.17, 15) is 4.79 Å². The van der Waals surface area contributed by atoms with Gasteiger partial charge in [0.25, 0.3) is 0 Å². The van der Waals surface area contributed by atoms with Crippen LogP contribution in [0.15, 0.2) is 41.0 Å². The summed E-state index contributed by atoms with van der Waals surface area (Å²) in [6, 6.07) is 10.1. The number of rotatable bonds is 7. The summed E-state index contributed by atoms with van der Waals surface area (Å²) in [4.78, 5) is 11.9. The maximum absolute atomic E-state index is 11.9. The van der Waals surface area contributed by atoms with Gasteiger partial charge in [0, 0.05) is 12.3 Å². The number of thioether (sulfide) groups is 1. The molecule has 1 aromatic heterocycles. The van der Waals surface area contributed by atoms with E-state index in [0.717, 1.165) is 22.8 Å². The number of hydrogen-bond donors (Lipinski definition) is 1. The maximum Gasteiger partial charge on any atom is 0.224 e. The molecule has 2 aromatic rings. The van der Waals surface area contributed by atoms with Crippen molar-refractivity contribution in [2.75, 3.05) is 12.3 Å². The Bertz CT molecular complexity index is 578. The van der Waals surface area contributed by atoms with E-state index in [1.54, 1.807) is 18.0 Å². The van der Waals surface area contributed by atoms with Crippen molar-refractivity contribution in [3.8, 4) is 0 Å². The minimum Gasteiger partial charge on any atom is -0.468 e. The van der Waals surface area contributed by atoms with Crippen LogP contribution in [0.1, 0.15) is 22.5 Å². The van der Waals surface area contributed by atoms with Crippen LogP contribution >= 0.6 is 11.8 Å². The molecule has 0 bridgehead atoms. The molecule has 1 aromatic carbocycles. The van der Waals surface area contributed by atoms with Crippen LogP contribution in [-0.2, 0) is 17.0 Å². The molecule has 0 radical (unpaired) electrons. The highest BCUT2D eigenvalue weighted by Crippen LogP contribution is 2.12. The molecular formula is C17H21NO2S. The summed E-state index contributed by atoms with van der Waals surface area (Å²) in [5.41, 5.74) is 3.50. The van der Waals surface area contributed by atoms with Gasteiger partial charge in [0.1, 0.15) is 5.76 Å². The smallest absolute Gasteiger partial charge is 0.224 e. The van der Waals surface area contributed by atoms with E-state index < -0.39 is 0 Å². The number of aryl methyl sites for hydroxylation is 2. The number of amides is 1. The molecule has 2 rings (SSSR count). The summed E-state index contributed by atoms with van der Waals surface area (Å²) < 4.78 is 5.25. The summed E-state index contributed by atoms with van der Waals surface area (Å²) >= 11 is 1.76. The van der Waals surface area contributed by atoms with Gasteiger partial charge in [0.15, 0.2) is 0 Å². The SMILES string of the molecule is Cc1ccc(CC(=O)NCCSCc2ccco2)c(C)c1. The Hall–Kier alpha value is -1.68. The minimum absolute atomic E-state index is 0.0838. The topological polar surface area (TPSA) is 42.2 Å². The van der Waals surface area contributed by atoms with Gasteiger partial charge >= 0.3 is 0 Å². The fraction of sp³-hybridized carbons (Fsp3) is 0.353. The molecule has 4 heteroatoms. The van der Waals surface area contributed by atoms with E-state index in [4.69, 9.17) is 4.42 Å². The Balaban J connectivity index is 1.65. The van der Waals surface area contributed by atoms with Crippen LogP contribution in [0.5, 0.6) is 0 Å². The van der Waals surface area contributed by atoms with Gasteiger partial charge in [-0.2, -0.15) is 11.8 Å². The second kappa shape index (κ2) is 7.93. The van der Waals surface area contributed by atoms with Crippen LogP contribution in [0, 0.1) is 13.8 Å². The summed E-state index contributed by atoms with van der Waals surface area (Å²) in [5.74, 6) is 2.79. The Morgan fingerprint density at radius 2 is 2.14 bits per heavy atom. The lowest BCUT2D eigenvalue weighted by Crippen LogP contribution is -2.27. The summed E-state index contributed by atoms with van der Waals surface area (Å²) in [5, 5.41) is 2.96. The molecule has 112 valence electrons. The zero-order chi connectivity index (χ0) is 15.1. The number of hydrogen-bond acceptors (Lipinski definition) is 3. The second-order valence-electron chi connectivity index (χ2n) is 5.09. The van der Waals surface area contributed by atoms with Crippen molar-refractivity contribution in [1.29, 1.82) is 0 Å². The number of carbonyl (C=O) groups is 1. The molecule has 1 N–H and O–H groups in total. The monoisotopic (exact) mass is 303 g/mol. The van der Waals surface area contributed by atoms with Crippen LogP contribution in [0.4, 0.5) is 0 Å². The predicted molar refractivity (Wildman–Crippen MR) is 87.5 cm³/mol. The standard InChI is InChI=1S/C17H21NO2S/c1-13-5-6-15(14(2)10-13)11-17(19)18-7-9-21-12-16-4-3-8-20-16/h3-6,8,10H,7,9,11-12H2,1-2H3,(H,18,19). The lowest BCUT2D eigenvalue weighted by atomic mass is 10.0. The summed E-state index contributed by atoms with van der Waals surface area (Å²) in [6.07, 6.45) is 2.14. The van der Waals surface area contributed by atoms with E-state index in [1.807, 2.05) is 18.2 Å². The first-order chi connectivity index (χ1) is 10.1. The van der Waals surface area contributed by atoms with Crippen LogP contribution in [0.25, 0.3) is 0 Å². The molecule has 0 atom stereocenters. The van der Waals surface area contributed by atoms with Gasteiger partial charge in [-0.15, -0.1) is 0 Å². The maximum atomic E-state index is 11.9. The van der Waals surface area contributed by atoms with Crippen molar-refractivity contribution < 1.29 is 9.21 Å². The van der Waals surface area contributed by atoms with Crippen LogP contribution in [0.3, 0.4) is 0 Å². The first kappa shape index (κ1) is 15.7. The van der Waals surface area contributed by atoms with Crippen molar-refractivity contribution in [2.45, 2.75) is 26.0 Å². The molecule has 0 aliphatic heterocycles. The van der Waals surface area contributed by atoms with Gasteiger partial charge in [-0.25, -0.2) is 0 Å². The molecule has 0 spiro atoms. The molecule has 0 aliphatic carbocycles. The molecule has 1 amide bonds. The van der Waals surface area contributed by atoms with Crippen LogP contribution in [0.2, 0.25) is 0 Å². The Labute approximate surface area is 130 Å². The third-order valence-electron chi connectivity index (χ3n) is 3.24. The Morgan fingerprint density at radius 1 is 1.29 bits per heavy atom. The highest BCUT2D eigenvalue weighted by atomic mass is 32.2. The lowest BCUT2D eigenvalue weighted by molar-refractivity contribution is -0.120. The fourth-order valence-corrected chi connectivity index (χ4v) is 2.87. The Morgan fingerprint density at radius 3 is 2.86 bits per heavy atom. The van der Waals surface area contributed by atoms with Gasteiger partial charge < -0.3 is 9.73 Å². The third kappa shape index (κ3) is 5.31. The second-order valence-corrected chi connectivity index (χ2v) is 6.19. The van der Waals surface area contributed by atoms with Crippen molar-refractivity contribution in [1.82, 2.24) is 5.32 Å². The van der Waals surface area contributed by atoms with Gasteiger partial charge in [0.05, 0.1) is 18.4 Å². The lowest BCUT2D eigenvalue weighted by Gasteiger charge is -2.08. The van der Waals surface area contributed by atoms with Gasteiger partial charge in [-0.3, -0.25) is 4.79 Å². The van der Waals surface area contributed by atoms with Crippen molar-refractivity contribution in [3.05, 3.63) is 59.0 Å². The number of carbonyl (C=O) groups excluding carboxylic acids is 1. The molecule has 0 unspecified atom stereocenters. The van der Waals surface area contributed by atoms with Gasteiger partial charge in [-0.05, 0) is 37.1 Å². The van der Waals surface area contributed by atoms with Gasteiger partial charge in [0.2, 0.25) is 5.91 Å². The molecular weight excluding hydrogens is 282 g/mol. The van der Waals surface area contributed by atoms with Crippen molar-refractivity contribution in [3.63, 3.8) is 0 Å². The van der Waals surface area contributed by atoms with E-state index in [-0.39, 0.29) is 5.91 Å². The van der Waals surface area contributed by atoms with Crippen molar-refractivity contribution in [2.24, 2.45) is 0 Å². The minimum atomic E-state index is 0.0838. The zero-order valence-electron chi connectivity index (χ0n) is 12.5. The summed E-state index contributed by atoms with van der Waals surface area (Å²) in [7, 11) is 0. The average Bonchev–Trinajstić information content (AvgIpc) is 2.95. The molecule has 0 saturated carbocycles. The number of nitrogens with one attached hydrogen (secondary N) is 1. The fourth-order valence-electron chi connectivity index (χ4n) is 2.11. The molecule has 3 nitrogen and oxygen atoms in total. The number of furan rings is 1. The zero-order valence-corrected chi connectivity index (χ0v) is 13.3. The van der Waals surface area contributed by atoms with Gasteiger partial charge in [-0.1, -0.05) is 23.8 Å². The third-order valence-corrected chi connectivity index (χ3v) is 4.22. The molecule has 1 heterocycles. The quantitative estimate of drug-likeness (QED) is 0.796. The van der Waals surface area contributed by atoms with E-state index in [2.05, 4.69) is 31.3 Å². The van der Waals surface area contributed by atoms with Crippen LogP contribution in [-0.4, -0.2) is 18.2 Å². The summed E-state index contributed by atoms with van der Waals surface area (Å²) in [6.45, 7) is 4.80. The van der Waals surface area contributed by atoms with Crippen molar-refractivity contribution >= 4 is 17.7 Å². The van der Waals surface area contributed by atoms with E-state index in [1.165, 1.54) is 11.1 Å². The highest BCUT2D eigenvalue weighted by molar-refractivity contribution is 7.98. The largest absolute Gasteiger partial charge is 0.468 e. The molecule has 0 aliphatic rings. The Kier molecular flexibility index (Phi) is 5.93. The molecule has 0 fully saturated rings. The van der Waals surface area contributed by atoms with E-state index >= 15 is 0 Å². The van der Waals surface area contributed by atoms with E-state index in [0.29, 0.717) is 13.0 Å². The molecule has 21 heavy (non-hydrogen) atoms. The van der Waals surface area contributed by atoms with Crippen LogP contribution < -0.4 is 5.32 Å². The average molecular weight is 303 g/mol. The molecule has 0 saturated heterocycles.